The molecule has 0 saturated carbocycles. The van der Waals surface area contributed by atoms with Crippen LogP contribution in [0.1, 0.15) is 5.56 Å². The van der Waals surface area contributed by atoms with E-state index in [-0.39, 0.29) is 5.95 Å². The van der Waals surface area contributed by atoms with Crippen molar-refractivity contribution in [1.82, 2.24) is 29.9 Å². The Balaban J connectivity index is 1.63. The number of furan rings is 1. The summed E-state index contributed by atoms with van der Waals surface area (Å²) in [5, 5.41) is 9.60. The Labute approximate surface area is 155 Å². The van der Waals surface area contributed by atoms with Crippen molar-refractivity contribution in [1.29, 1.82) is 0 Å². The lowest BCUT2D eigenvalue weighted by molar-refractivity contribution is 0.580. The number of anilines is 1. The molecule has 0 atom stereocenters. The Morgan fingerprint density at radius 2 is 2.15 bits per heavy atom. The highest BCUT2D eigenvalue weighted by atomic mass is 79.9. The molecule has 5 aromatic rings. The van der Waals surface area contributed by atoms with Crippen molar-refractivity contribution in [3.8, 4) is 11.5 Å². The molecule has 4 heterocycles. The molecule has 0 aliphatic rings. The van der Waals surface area contributed by atoms with Crippen molar-refractivity contribution >= 4 is 43.9 Å². The number of nitrogen functional groups attached to an aromatic ring is 1. The van der Waals surface area contributed by atoms with Crippen LogP contribution >= 0.6 is 15.9 Å². The van der Waals surface area contributed by atoms with Gasteiger partial charge < -0.3 is 15.1 Å². The van der Waals surface area contributed by atoms with Crippen LogP contribution in [-0.4, -0.2) is 29.9 Å². The number of nitrogens with zero attached hydrogens (tertiary/aromatic N) is 5. The minimum Gasteiger partial charge on any atom is -0.463 e. The molecule has 0 unspecified atom stereocenters. The van der Waals surface area contributed by atoms with Crippen molar-refractivity contribution in [2.24, 2.45) is 0 Å². The van der Waals surface area contributed by atoms with Crippen LogP contribution in [0, 0.1) is 0 Å². The molecule has 3 N–H and O–H groups in total. The van der Waals surface area contributed by atoms with E-state index in [4.69, 9.17) is 10.2 Å². The summed E-state index contributed by atoms with van der Waals surface area (Å²) in [6.07, 6.45) is 3.49. The highest BCUT2D eigenvalue weighted by molar-refractivity contribution is 9.10. The molecule has 4 aromatic heterocycles. The number of fused-ring (bicyclic) bond motifs is 2. The number of halogens is 1. The minimum atomic E-state index is 0.148. The Kier molecular flexibility index (Phi) is 3.29. The average Bonchev–Trinajstić information content (AvgIpc) is 3.35. The molecule has 0 amide bonds. The number of aromatic amines is 1. The zero-order valence-electron chi connectivity index (χ0n) is 13.3. The van der Waals surface area contributed by atoms with E-state index in [0.717, 1.165) is 20.9 Å². The predicted octanol–water partition coefficient (Wildman–Crippen LogP) is 3.36. The third kappa shape index (κ3) is 2.36. The Bertz CT molecular complexity index is 1240. The summed E-state index contributed by atoms with van der Waals surface area (Å²) in [6, 6.07) is 9.76. The first-order valence-corrected chi connectivity index (χ1v) is 8.64. The maximum Gasteiger partial charge on any atom is 0.222 e. The van der Waals surface area contributed by atoms with Gasteiger partial charge in [-0.15, -0.1) is 5.10 Å². The first kappa shape index (κ1) is 15.1. The van der Waals surface area contributed by atoms with E-state index in [1.165, 1.54) is 0 Å². The quantitative estimate of drug-likeness (QED) is 0.472. The van der Waals surface area contributed by atoms with Crippen LogP contribution < -0.4 is 5.73 Å². The normalized spacial score (nSPS) is 11.6. The van der Waals surface area contributed by atoms with Crippen LogP contribution in [0.15, 0.2) is 51.7 Å². The van der Waals surface area contributed by atoms with E-state index in [2.05, 4.69) is 47.3 Å². The van der Waals surface area contributed by atoms with E-state index in [9.17, 15) is 0 Å². The molecule has 0 bridgehead atoms. The molecular formula is C17H12BrN7O. The molecule has 26 heavy (non-hydrogen) atoms. The number of rotatable bonds is 3. The van der Waals surface area contributed by atoms with Gasteiger partial charge in [0.1, 0.15) is 5.69 Å². The van der Waals surface area contributed by atoms with Crippen molar-refractivity contribution in [3.63, 3.8) is 0 Å². The van der Waals surface area contributed by atoms with E-state index < -0.39 is 0 Å². The molecule has 0 spiro atoms. The number of H-pyrrole nitrogens is 1. The van der Waals surface area contributed by atoms with Crippen LogP contribution in [0.3, 0.4) is 0 Å². The first-order chi connectivity index (χ1) is 12.7. The van der Waals surface area contributed by atoms with Gasteiger partial charge in [0, 0.05) is 16.1 Å². The van der Waals surface area contributed by atoms with Gasteiger partial charge in [-0.2, -0.15) is 4.98 Å². The van der Waals surface area contributed by atoms with Gasteiger partial charge in [-0.25, -0.2) is 9.67 Å². The van der Waals surface area contributed by atoms with Crippen molar-refractivity contribution in [2.75, 3.05) is 5.73 Å². The van der Waals surface area contributed by atoms with Crippen LogP contribution in [0.25, 0.3) is 33.5 Å². The van der Waals surface area contributed by atoms with Crippen LogP contribution in [0.5, 0.6) is 0 Å². The number of nitrogens with one attached hydrogen (secondary N) is 1. The molecule has 0 radical (unpaired) electrons. The molecule has 128 valence electrons. The van der Waals surface area contributed by atoms with Crippen LogP contribution in [0.2, 0.25) is 0 Å². The van der Waals surface area contributed by atoms with Crippen LogP contribution in [-0.2, 0) is 6.54 Å². The molecule has 8 nitrogen and oxygen atoms in total. The average molecular weight is 410 g/mol. The van der Waals surface area contributed by atoms with Gasteiger partial charge in [0.25, 0.3) is 0 Å². The SMILES string of the molecule is Nc1nc(-c2ccco2)c2nnn(Cc3cc(Br)c4[nH]ccc4c3)c2n1. The lowest BCUT2D eigenvalue weighted by Gasteiger charge is -2.05. The number of hydrogen-bond donors (Lipinski definition) is 2. The van der Waals surface area contributed by atoms with Crippen molar-refractivity contribution < 1.29 is 4.42 Å². The van der Waals surface area contributed by atoms with Crippen LogP contribution in [0.4, 0.5) is 5.95 Å². The maximum absolute atomic E-state index is 5.89. The fourth-order valence-corrected chi connectivity index (χ4v) is 3.65. The van der Waals surface area contributed by atoms with Gasteiger partial charge in [-0.05, 0) is 51.8 Å². The smallest absolute Gasteiger partial charge is 0.222 e. The first-order valence-electron chi connectivity index (χ1n) is 7.85. The van der Waals surface area contributed by atoms with Gasteiger partial charge in [-0.3, -0.25) is 0 Å². The van der Waals surface area contributed by atoms with E-state index in [1.807, 2.05) is 18.3 Å². The number of aromatic nitrogens is 6. The second kappa shape index (κ2) is 5.67. The molecular weight excluding hydrogens is 398 g/mol. The zero-order chi connectivity index (χ0) is 17.7. The summed E-state index contributed by atoms with van der Waals surface area (Å²) in [5.41, 5.74) is 9.66. The fraction of sp³-hybridized carbons (Fsp3) is 0.0588. The number of benzene rings is 1. The van der Waals surface area contributed by atoms with Gasteiger partial charge in [0.2, 0.25) is 5.95 Å². The fourth-order valence-electron chi connectivity index (χ4n) is 3.01. The van der Waals surface area contributed by atoms with E-state index >= 15 is 0 Å². The van der Waals surface area contributed by atoms with Gasteiger partial charge in [0.05, 0.1) is 18.3 Å². The monoisotopic (exact) mass is 409 g/mol. The van der Waals surface area contributed by atoms with Gasteiger partial charge >= 0.3 is 0 Å². The lowest BCUT2D eigenvalue weighted by Crippen LogP contribution is -2.05. The highest BCUT2D eigenvalue weighted by Gasteiger charge is 2.17. The summed E-state index contributed by atoms with van der Waals surface area (Å²) >= 11 is 3.60. The molecule has 0 saturated heterocycles. The zero-order valence-corrected chi connectivity index (χ0v) is 14.9. The second-order valence-corrected chi connectivity index (χ2v) is 6.70. The van der Waals surface area contributed by atoms with E-state index in [0.29, 0.717) is 29.2 Å². The van der Waals surface area contributed by atoms with Gasteiger partial charge in [0.15, 0.2) is 16.9 Å². The van der Waals surface area contributed by atoms with Gasteiger partial charge in [-0.1, -0.05) is 5.21 Å². The number of nitrogens with two attached hydrogens (primary N) is 1. The number of hydrogen-bond acceptors (Lipinski definition) is 6. The highest BCUT2D eigenvalue weighted by Crippen LogP contribution is 2.27. The lowest BCUT2D eigenvalue weighted by atomic mass is 10.1. The molecule has 0 fully saturated rings. The molecule has 5 rings (SSSR count). The molecule has 9 heteroatoms. The second-order valence-electron chi connectivity index (χ2n) is 5.85. The molecule has 1 aromatic carbocycles. The van der Waals surface area contributed by atoms with Crippen molar-refractivity contribution in [3.05, 3.63) is 52.8 Å². The topological polar surface area (TPSA) is 111 Å². The molecule has 0 aliphatic carbocycles. The summed E-state index contributed by atoms with van der Waals surface area (Å²) in [7, 11) is 0. The van der Waals surface area contributed by atoms with Crippen molar-refractivity contribution in [2.45, 2.75) is 6.54 Å². The molecule has 0 aliphatic heterocycles. The predicted molar refractivity (Wildman–Crippen MR) is 100 cm³/mol. The Morgan fingerprint density at radius 1 is 1.23 bits per heavy atom. The third-order valence-electron chi connectivity index (χ3n) is 4.14. The van der Waals surface area contributed by atoms with E-state index in [1.54, 1.807) is 23.1 Å². The maximum atomic E-state index is 5.89. The third-order valence-corrected chi connectivity index (χ3v) is 4.76. The Hall–Kier alpha value is -3.20. The summed E-state index contributed by atoms with van der Waals surface area (Å²) in [5.74, 6) is 0.724. The standard InChI is InChI=1S/C17H12BrN7O/c18-11-7-9(6-10-3-4-20-13(10)11)8-25-16-15(23-24-25)14(21-17(19)22-16)12-2-1-5-26-12/h1-7,20H,8H2,(H2,19,21,22). The summed E-state index contributed by atoms with van der Waals surface area (Å²) in [4.78, 5) is 11.8. The summed E-state index contributed by atoms with van der Waals surface area (Å²) in [6.45, 7) is 0.504. The largest absolute Gasteiger partial charge is 0.463 e. The Morgan fingerprint density at radius 3 is 3.00 bits per heavy atom. The summed E-state index contributed by atoms with van der Waals surface area (Å²) < 4.78 is 8.13. The minimum absolute atomic E-state index is 0.148.